The van der Waals surface area contributed by atoms with E-state index in [-0.39, 0.29) is 12.5 Å². The van der Waals surface area contributed by atoms with Gasteiger partial charge in [-0.1, -0.05) is 48.5 Å². The van der Waals surface area contributed by atoms with E-state index < -0.39 is 0 Å². The normalized spacial score (nSPS) is 11.1. The van der Waals surface area contributed by atoms with Crippen molar-refractivity contribution in [2.45, 2.75) is 6.54 Å². The predicted octanol–water partition coefficient (Wildman–Crippen LogP) is 4.08. The minimum atomic E-state index is -0.266. The Labute approximate surface area is 156 Å². The Balaban J connectivity index is 1.56. The minimum Gasteiger partial charge on any atom is -0.333 e. The van der Waals surface area contributed by atoms with Crippen molar-refractivity contribution >= 4 is 33.8 Å². The maximum atomic E-state index is 12.4. The maximum Gasteiger partial charge on any atom is 0.271 e. The highest BCUT2D eigenvalue weighted by atomic mass is 16.2. The van der Waals surface area contributed by atoms with Crippen molar-refractivity contribution in [3.8, 4) is 6.07 Å². The number of hydrogen-bond acceptors (Lipinski definition) is 3. The topological polar surface area (TPSA) is 70.2 Å². The van der Waals surface area contributed by atoms with E-state index in [1.165, 1.54) is 0 Å². The molecule has 0 aliphatic heterocycles. The van der Waals surface area contributed by atoms with Crippen LogP contribution < -0.4 is 5.43 Å². The summed E-state index contributed by atoms with van der Waals surface area (Å²) in [5, 5.41) is 16.2. The zero-order valence-corrected chi connectivity index (χ0v) is 14.5. The van der Waals surface area contributed by atoms with Gasteiger partial charge in [0, 0.05) is 28.2 Å². The van der Waals surface area contributed by atoms with E-state index in [4.69, 9.17) is 5.26 Å². The number of para-hydroxylation sites is 1. The molecule has 27 heavy (non-hydrogen) atoms. The van der Waals surface area contributed by atoms with Crippen LogP contribution >= 0.6 is 0 Å². The molecule has 0 spiro atoms. The molecule has 0 fully saturated rings. The maximum absolute atomic E-state index is 12.4. The third-order valence-corrected chi connectivity index (χ3v) is 4.44. The molecule has 4 aromatic rings. The lowest BCUT2D eigenvalue weighted by Gasteiger charge is -2.02. The number of aromatic nitrogens is 1. The molecule has 1 amide bonds. The second kappa shape index (κ2) is 7.14. The van der Waals surface area contributed by atoms with Crippen LogP contribution in [-0.4, -0.2) is 16.7 Å². The van der Waals surface area contributed by atoms with E-state index in [1.54, 1.807) is 12.3 Å². The molecule has 0 aliphatic rings. The summed E-state index contributed by atoms with van der Waals surface area (Å²) in [5.41, 5.74) is 4.93. The Bertz CT molecular complexity index is 1210. The smallest absolute Gasteiger partial charge is 0.271 e. The lowest BCUT2D eigenvalue weighted by molar-refractivity contribution is 0.0955. The summed E-state index contributed by atoms with van der Waals surface area (Å²) >= 11 is 0. The lowest BCUT2D eigenvalue weighted by Crippen LogP contribution is -2.17. The Morgan fingerprint density at radius 2 is 1.85 bits per heavy atom. The molecule has 5 nitrogen and oxygen atoms in total. The van der Waals surface area contributed by atoms with E-state index in [0.29, 0.717) is 5.56 Å². The van der Waals surface area contributed by atoms with E-state index >= 15 is 0 Å². The standard InChI is InChI=1S/C22H16N4O/c23-11-12-26-15-19(20-7-3-4-8-21(20)26)14-24-25-22(27)18-10-9-16-5-1-2-6-17(16)13-18/h1-10,13-15H,12H2,(H,25,27)/b24-14-. The number of benzene rings is 3. The number of carbonyl (C=O) groups is 1. The largest absolute Gasteiger partial charge is 0.333 e. The van der Waals surface area contributed by atoms with Crippen LogP contribution in [0.15, 0.2) is 78.0 Å². The van der Waals surface area contributed by atoms with Gasteiger partial charge >= 0.3 is 0 Å². The number of fused-ring (bicyclic) bond motifs is 2. The molecule has 0 saturated carbocycles. The summed E-state index contributed by atoms with van der Waals surface area (Å²) in [5.74, 6) is -0.266. The third-order valence-electron chi connectivity index (χ3n) is 4.44. The second-order valence-corrected chi connectivity index (χ2v) is 6.15. The summed E-state index contributed by atoms with van der Waals surface area (Å²) in [4.78, 5) is 12.4. The van der Waals surface area contributed by atoms with Crippen molar-refractivity contribution < 1.29 is 4.79 Å². The van der Waals surface area contributed by atoms with Crippen molar-refractivity contribution in [3.05, 3.63) is 84.1 Å². The summed E-state index contributed by atoms with van der Waals surface area (Å²) in [6, 6.07) is 23.4. The van der Waals surface area contributed by atoms with Gasteiger partial charge in [-0.2, -0.15) is 10.4 Å². The van der Waals surface area contributed by atoms with Crippen LogP contribution in [-0.2, 0) is 6.54 Å². The molecule has 130 valence electrons. The first-order valence-electron chi connectivity index (χ1n) is 8.53. The molecule has 0 saturated heterocycles. The average molecular weight is 352 g/mol. The van der Waals surface area contributed by atoms with E-state index in [2.05, 4.69) is 16.6 Å². The highest BCUT2D eigenvalue weighted by Gasteiger charge is 2.07. The number of rotatable bonds is 4. The molecule has 0 atom stereocenters. The van der Waals surface area contributed by atoms with Crippen LogP contribution in [0.3, 0.4) is 0 Å². The first-order chi connectivity index (χ1) is 13.3. The second-order valence-electron chi connectivity index (χ2n) is 6.15. The molecule has 4 rings (SSSR count). The van der Waals surface area contributed by atoms with Crippen LogP contribution in [0, 0.1) is 11.3 Å². The van der Waals surface area contributed by atoms with Gasteiger partial charge in [-0.25, -0.2) is 5.43 Å². The Morgan fingerprint density at radius 1 is 1.07 bits per heavy atom. The number of amides is 1. The van der Waals surface area contributed by atoms with Gasteiger partial charge in [0.05, 0.1) is 12.3 Å². The molecule has 1 aromatic heterocycles. The fourth-order valence-electron chi connectivity index (χ4n) is 3.14. The predicted molar refractivity (Wildman–Crippen MR) is 107 cm³/mol. The van der Waals surface area contributed by atoms with Gasteiger partial charge in [-0.3, -0.25) is 4.79 Å². The van der Waals surface area contributed by atoms with Gasteiger partial charge in [0.15, 0.2) is 0 Å². The fraction of sp³-hybridized carbons (Fsp3) is 0.0455. The number of nitriles is 1. The summed E-state index contributed by atoms with van der Waals surface area (Å²) in [6.45, 7) is 0.262. The summed E-state index contributed by atoms with van der Waals surface area (Å²) in [6.07, 6.45) is 3.47. The Kier molecular flexibility index (Phi) is 4.38. The quantitative estimate of drug-likeness (QED) is 0.444. The van der Waals surface area contributed by atoms with Crippen molar-refractivity contribution in [3.63, 3.8) is 0 Å². The highest BCUT2D eigenvalue weighted by molar-refractivity contribution is 6.01. The molecular weight excluding hydrogens is 336 g/mol. The number of nitrogens with zero attached hydrogens (tertiary/aromatic N) is 3. The minimum absolute atomic E-state index is 0.262. The molecule has 0 aliphatic carbocycles. The van der Waals surface area contributed by atoms with Gasteiger partial charge in [0.25, 0.3) is 5.91 Å². The van der Waals surface area contributed by atoms with Crippen LogP contribution in [0.4, 0.5) is 0 Å². The molecule has 5 heteroatoms. The summed E-state index contributed by atoms with van der Waals surface area (Å²) < 4.78 is 1.86. The Hall–Kier alpha value is -3.91. The zero-order valence-electron chi connectivity index (χ0n) is 14.5. The molecule has 0 radical (unpaired) electrons. The number of hydrogen-bond donors (Lipinski definition) is 1. The zero-order chi connectivity index (χ0) is 18.6. The van der Waals surface area contributed by atoms with Crippen molar-refractivity contribution in [2.75, 3.05) is 0 Å². The van der Waals surface area contributed by atoms with Crippen LogP contribution in [0.5, 0.6) is 0 Å². The van der Waals surface area contributed by atoms with E-state index in [1.807, 2.05) is 71.4 Å². The Morgan fingerprint density at radius 3 is 2.70 bits per heavy atom. The van der Waals surface area contributed by atoms with Gasteiger partial charge in [-0.05, 0) is 29.0 Å². The lowest BCUT2D eigenvalue weighted by atomic mass is 10.1. The van der Waals surface area contributed by atoms with E-state index in [9.17, 15) is 4.79 Å². The van der Waals surface area contributed by atoms with Gasteiger partial charge in [0.1, 0.15) is 6.54 Å². The van der Waals surface area contributed by atoms with Crippen molar-refractivity contribution in [2.24, 2.45) is 5.10 Å². The SMILES string of the molecule is N#CCn1cc(/C=N\NC(=O)c2ccc3ccccc3c2)c2ccccc21. The monoisotopic (exact) mass is 352 g/mol. The summed E-state index contributed by atoms with van der Waals surface area (Å²) in [7, 11) is 0. The van der Waals surface area contributed by atoms with Gasteiger partial charge < -0.3 is 4.57 Å². The van der Waals surface area contributed by atoms with Crippen LogP contribution in [0.2, 0.25) is 0 Å². The fourth-order valence-corrected chi connectivity index (χ4v) is 3.14. The third kappa shape index (κ3) is 3.29. The van der Waals surface area contributed by atoms with Gasteiger partial charge in [0.2, 0.25) is 0 Å². The number of hydrazone groups is 1. The van der Waals surface area contributed by atoms with Crippen molar-refractivity contribution in [1.29, 1.82) is 5.26 Å². The van der Waals surface area contributed by atoms with Crippen LogP contribution in [0.1, 0.15) is 15.9 Å². The molecule has 0 unspecified atom stereocenters. The first-order valence-corrected chi connectivity index (χ1v) is 8.53. The number of carbonyl (C=O) groups excluding carboxylic acids is 1. The van der Waals surface area contributed by atoms with Crippen LogP contribution in [0.25, 0.3) is 21.7 Å². The molecule has 1 heterocycles. The van der Waals surface area contributed by atoms with E-state index in [0.717, 1.165) is 27.2 Å². The highest BCUT2D eigenvalue weighted by Crippen LogP contribution is 2.20. The first kappa shape index (κ1) is 16.6. The molecule has 0 bridgehead atoms. The molecular formula is C22H16N4O. The molecule has 1 N–H and O–H groups in total. The molecule has 3 aromatic carbocycles. The average Bonchev–Trinajstić information content (AvgIpc) is 3.06. The van der Waals surface area contributed by atoms with Crippen molar-refractivity contribution in [1.82, 2.24) is 9.99 Å². The van der Waals surface area contributed by atoms with Gasteiger partial charge in [-0.15, -0.1) is 0 Å². The number of nitrogens with one attached hydrogen (secondary N) is 1.